The Labute approximate surface area is 147 Å². The lowest BCUT2D eigenvalue weighted by Crippen LogP contribution is -2.03. The molecule has 0 radical (unpaired) electrons. The van der Waals surface area contributed by atoms with Crippen LogP contribution in [-0.4, -0.2) is 14.8 Å². The minimum absolute atomic E-state index is 0.244. The molecule has 0 aliphatic rings. The Morgan fingerprint density at radius 2 is 1.88 bits per heavy atom. The zero-order valence-electron chi connectivity index (χ0n) is 13.1. The Kier molecular flexibility index (Phi) is 4.39. The molecule has 5 nitrogen and oxygen atoms in total. The second-order valence-corrected chi connectivity index (χ2v) is 6.31. The van der Waals surface area contributed by atoms with E-state index in [2.05, 4.69) is 10.2 Å². The van der Waals surface area contributed by atoms with Crippen molar-refractivity contribution in [2.45, 2.75) is 17.5 Å². The van der Waals surface area contributed by atoms with Gasteiger partial charge < -0.3 is 8.83 Å². The van der Waals surface area contributed by atoms with E-state index < -0.39 is 0 Å². The van der Waals surface area contributed by atoms with E-state index in [1.54, 1.807) is 24.7 Å². The van der Waals surface area contributed by atoms with E-state index >= 15 is 0 Å². The molecule has 0 bridgehead atoms. The Balaban J connectivity index is 1.62. The van der Waals surface area contributed by atoms with Crippen molar-refractivity contribution < 1.29 is 13.2 Å². The van der Waals surface area contributed by atoms with Crippen LogP contribution in [0.4, 0.5) is 4.39 Å². The molecule has 0 atom stereocenters. The first-order valence-electron chi connectivity index (χ1n) is 7.66. The zero-order chi connectivity index (χ0) is 17.1. The maximum Gasteiger partial charge on any atom is 0.200 e. The summed E-state index contributed by atoms with van der Waals surface area (Å²) in [6.07, 6.45) is 3.23. The molecule has 0 saturated carbocycles. The second kappa shape index (κ2) is 6.98. The third-order valence-electron chi connectivity index (χ3n) is 3.61. The molecule has 25 heavy (non-hydrogen) atoms. The van der Waals surface area contributed by atoms with E-state index in [0.717, 1.165) is 11.3 Å². The summed E-state index contributed by atoms with van der Waals surface area (Å²) in [4.78, 5) is 0. The lowest BCUT2D eigenvalue weighted by atomic mass is 10.2. The number of thioether (sulfide) groups is 1. The van der Waals surface area contributed by atoms with Crippen molar-refractivity contribution in [3.05, 3.63) is 78.2 Å². The highest BCUT2D eigenvalue weighted by atomic mass is 32.2. The summed E-state index contributed by atoms with van der Waals surface area (Å²) < 4.78 is 26.2. The quantitative estimate of drug-likeness (QED) is 0.473. The molecule has 126 valence electrons. The van der Waals surface area contributed by atoms with Gasteiger partial charge in [-0.15, -0.1) is 10.2 Å². The molecule has 0 fully saturated rings. The minimum atomic E-state index is -0.244. The van der Waals surface area contributed by atoms with Crippen LogP contribution in [0.25, 0.3) is 11.6 Å². The number of hydrogen-bond acceptors (Lipinski definition) is 5. The van der Waals surface area contributed by atoms with Gasteiger partial charge in [0.2, 0.25) is 5.82 Å². The third kappa shape index (κ3) is 3.51. The van der Waals surface area contributed by atoms with E-state index in [4.69, 9.17) is 8.83 Å². The smallest absolute Gasteiger partial charge is 0.200 e. The second-order valence-electron chi connectivity index (χ2n) is 5.37. The average Bonchev–Trinajstić information content (AvgIpc) is 3.36. The van der Waals surface area contributed by atoms with Crippen LogP contribution in [0.15, 0.2) is 75.0 Å². The number of nitrogens with zero attached hydrogens (tertiary/aromatic N) is 3. The van der Waals surface area contributed by atoms with Crippen molar-refractivity contribution in [1.29, 1.82) is 0 Å². The normalized spacial score (nSPS) is 11.1. The monoisotopic (exact) mass is 355 g/mol. The van der Waals surface area contributed by atoms with Gasteiger partial charge in [-0.1, -0.05) is 23.9 Å². The van der Waals surface area contributed by atoms with Gasteiger partial charge in [0.05, 0.1) is 19.1 Å². The first-order valence-corrected chi connectivity index (χ1v) is 8.65. The molecule has 7 heteroatoms. The first-order chi connectivity index (χ1) is 12.3. The molecule has 0 aliphatic carbocycles. The highest BCUT2D eigenvalue weighted by Gasteiger charge is 2.17. The standard InChI is InChI=1S/C18H14FN3O2S/c19-14-5-1-4-13(10-14)12-25-18-21-20-17(16-7-3-9-24-16)22(18)11-15-6-2-8-23-15/h1-10H,11-12H2. The predicted molar refractivity (Wildman–Crippen MR) is 91.5 cm³/mol. The maximum absolute atomic E-state index is 13.3. The summed E-state index contributed by atoms with van der Waals surface area (Å²) in [6, 6.07) is 13.9. The van der Waals surface area contributed by atoms with E-state index in [-0.39, 0.29) is 5.82 Å². The third-order valence-corrected chi connectivity index (χ3v) is 4.65. The zero-order valence-corrected chi connectivity index (χ0v) is 13.9. The van der Waals surface area contributed by atoms with Crippen molar-refractivity contribution in [3.63, 3.8) is 0 Å². The minimum Gasteiger partial charge on any atom is -0.467 e. The van der Waals surface area contributed by atoms with Crippen molar-refractivity contribution >= 4 is 11.8 Å². The number of benzene rings is 1. The van der Waals surface area contributed by atoms with Crippen LogP contribution in [0.3, 0.4) is 0 Å². The molecule has 0 unspecified atom stereocenters. The fraction of sp³-hybridized carbons (Fsp3) is 0.111. The Morgan fingerprint density at radius 1 is 1.00 bits per heavy atom. The summed E-state index contributed by atoms with van der Waals surface area (Å²) in [5.74, 6) is 2.40. The number of hydrogen-bond donors (Lipinski definition) is 0. The lowest BCUT2D eigenvalue weighted by Gasteiger charge is -2.07. The van der Waals surface area contributed by atoms with Crippen LogP contribution < -0.4 is 0 Å². The van der Waals surface area contributed by atoms with Crippen molar-refractivity contribution in [2.75, 3.05) is 0 Å². The Hall–Kier alpha value is -2.80. The Bertz CT molecular complexity index is 949. The SMILES string of the molecule is Fc1cccc(CSc2nnc(-c3ccco3)n2Cc2ccco2)c1. The fourth-order valence-electron chi connectivity index (χ4n) is 2.46. The summed E-state index contributed by atoms with van der Waals surface area (Å²) in [5.41, 5.74) is 0.886. The van der Waals surface area contributed by atoms with E-state index in [1.165, 1.54) is 23.9 Å². The van der Waals surface area contributed by atoms with Crippen LogP contribution in [0.5, 0.6) is 0 Å². The van der Waals surface area contributed by atoms with Gasteiger partial charge in [0.15, 0.2) is 10.9 Å². The molecule has 3 heterocycles. The number of aromatic nitrogens is 3. The molecule has 0 amide bonds. The predicted octanol–water partition coefficient (Wildman–Crippen LogP) is 4.61. The number of halogens is 1. The molecule has 1 aromatic carbocycles. The Morgan fingerprint density at radius 3 is 2.64 bits per heavy atom. The average molecular weight is 355 g/mol. The highest BCUT2D eigenvalue weighted by Crippen LogP contribution is 2.27. The van der Waals surface area contributed by atoms with Crippen molar-refractivity contribution in [1.82, 2.24) is 14.8 Å². The summed E-state index contributed by atoms with van der Waals surface area (Å²) in [5, 5.41) is 9.24. The molecule has 4 aromatic rings. The highest BCUT2D eigenvalue weighted by molar-refractivity contribution is 7.98. The molecular formula is C18H14FN3O2S. The molecule has 4 rings (SSSR count). The van der Waals surface area contributed by atoms with Crippen LogP contribution in [0, 0.1) is 5.82 Å². The molecule has 3 aromatic heterocycles. The van der Waals surface area contributed by atoms with E-state index in [9.17, 15) is 4.39 Å². The van der Waals surface area contributed by atoms with Crippen molar-refractivity contribution in [2.24, 2.45) is 0 Å². The molecule has 0 spiro atoms. The van der Waals surface area contributed by atoms with Crippen LogP contribution in [-0.2, 0) is 12.3 Å². The topological polar surface area (TPSA) is 57.0 Å². The van der Waals surface area contributed by atoms with Crippen molar-refractivity contribution in [3.8, 4) is 11.6 Å². The van der Waals surface area contributed by atoms with Gasteiger partial charge in [0.1, 0.15) is 11.6 Å². The van der Waals surface area contributed by atoms with Gasteiger partial charge >= 0.3 is 0 Å². The van der Waals surface area contributed by atoms with Crippen LogP contribution in [0.1, 0.15) is 11.3 Å². The van der Waals surface area contributed by atoms with E-state index in [1.807, 2.05) is 28.8 Å². The molecule has 0 saturated heterocycles. The number of furan rings is 2. The summed E-state index contributed by atoms with van der Waals surface area (Å²) in [6.45, 7) is 0.488. The van der Waals surface area contributed by atoms with Gasteiger partial charge in [-0.2, -0.15) is 0 Å². The maximum atomic E-state index is 13.3. The van der Waals surface area contributed by atoms with Gasteiger partial charge in [0, 0.05) is 5.75 Å². The van der Waals surface area contributed by atoms with Crippen LogP contribution >= 0.6 is 11.8 Å². The van der Waals surface area contributed by atoms with Gasteiger partial charge in [-0.05, 0) is 42.0 Å². The van der Waals surface area contributed by atoms with Gasteiger partial charge in [-0.3, -0.25) is 4.57 Å². The first kappa shape index (κ1) is 15.7. The number of rotatable bonds is 6. The van der Waals surface area contributed by atoms with Gasteiger partial charge in [-0.25, -0.2) is 4.39 Å². The van der Waals surface area contributed by atoms with Gasteiger partial charge in [0.25, 0.3) is 0 Å². The summed E-state index contributed by atoms with van der Waals surface area (Å²) in [7, 11) is 0. The fourth-order valence-corrected chi connectivity index (χ4v) is 3.34. The molecule has 0 N–H and O–H groups in total. The van der Waals surface area contributed by atoms with E-state index in [0.29, 0.717) is 29.0 Å². The largest absolute Gasteiger partial charge is 0.467 e. The lowest BCUT2D eigenvalue weighted by molar-refractivity contribution is 0.482. The molecular weight excluding hydrogens is 341 g/mol. The summed E-state index contributed by atoms with van der Waals surface area (Å²) >= 11 is 1.49. The van der Waals surface area contributed by atoms with Crippen LogP contribution in [0.2, 0.25) is 0 Å². The molecule has 0 aliphatic heterocycles.